The Morgan fingerprint density at radius 3 is 2.15 bits per heavy atom. The fourth-order valence-corrected chi connectivity index (χ4v) is 1.52. The van der Waals surface area contributed by atoms with E-state index in [2.05, 4.69) is 44.8 Å². The molecule has 1 aromatic rings. The number of anilines is 1. The molecule has 13 heavy (non-hydrogen) atoms. The zero-order valence-electron chi connectivity index (χ0n) is 9.10. The number of hydrogen-bond acceptors (Lipinski definition) is 2. The molecule has 0 saturated heterocycles. The van der Waals surface area contributed by atoms with Gasteiger partial charge in [-0.3, -0.25) is 5.10 Å². The standard InChI is InChI=1S/C10H19N3/c1-6(2)7-8(10(3,4)5)12-13-9(7)11/h6H,1-5H3,(H3,11,12,13). The molecule has 0 aliphatic carbocycles. The number of rotatable bonds is 1. The molecule has 0 spiro atoms. The van der Waals surface area contributed by atoms with Crippen molar-refractivity contribution in [2.24, 2.45) is 0 Å². The smallest absolute Gasteiger partial charge is 0.148 e. The van der Waals surface area contributed by atoms with Crippen molar-refractivity contribution in [2.75, 3.05) is 5.73 Å². The van der Waals surface area contributed by atoms with Crippen molar-refractivity contribution in [1.82, 2.24) is 10.2 Å². The summed E-state index contributed by atoms with van der Waals surface area (Å²) in [4.78, 5) is 0. The molecular weight excluding hydrogens is 162 g/mol. The summed E-state index contributed by atoms with van der Waals surface area (Å²) in [6.07, 6.45) is 0. The van der Waals surface area contributed by atoms with Gasteiger partial charge < -0.3 is 5.73 Å². The van der Waals surface area contributed by atoms with Crippen LogP contribution in [0.1, 0.15) is 51.8 Å². The van der Waals surface area contributed by atoms with Gasteiger partial charge in [0.2, 0.25) is 0 Å². The van der Waals surface area contributed by atoms with E-state index < -0.39 is 0 Å². The first-order valence-electron chi connectivity index (χ1n) is 4.68. The summed E-state index contributed by atoms with van der Waals surface area (Å²) >= 11 is 0. The number of aromatic amines is 1. The van der Waals surface area contributed by atoms with E-state index in [1.165, 1.54) is 0 Å². The van der Waals surface area contributed by atoms with Crippen molar-refractivity contribution in [3.8, 4) is 0 Å². The fourth-order valence-electron chi connectivity index (χ4n) is 1.52. The SMILES string of the molecule is CC(C)c1c(N)n[nH]c1C(C)(C)C. The second-order valence-corrected chi connectivity index (χ2v) is 4.80. The third-order valence-electron chi connectivity index (χ3n) is 2.16. The Morgan fingerprint density at radius 2 is 1.85 bits per heavy atom. The van der Waals surface area contributed by atoms with Crippen LogP contribution in [0.4, 0.5) is 5.82 Å². The average molecular weight is 181 g/mol. The van der Waals surface area contributed by atoms with E-state index in [-0.39, 0.29) is 5.41 Å². The molecule has 0 amide bonds. The van der Waals surface area contributed by atoms with E-state index in [0.29, 0.717) is 11.7 Å². The van der Waals surface area contributed by atoms with E-state index in [9.17, 15) is 0 Å². The van der Waals surface area contributed by atoms with Gasteiger partial charge in [-0.2, -0.15) is 5.10 Å². The Labute approximate surface area is 79.7 Å². The molecule has 3 heteroatoms. The molecular formula is C10H19N3. The van der Waals surface area contributed by atoms with Gasteiger partial charge in [0.1, 0.15) is 5.82 Å². The number of aromatic nitrogens is 2. The molecule has 0 unspecified atom stereocenters. The highest BCUT2D eigenvalue weighted by molar-refractivity contribution is 5.46. The maximum atomic E-state index is 5.80. The highest BCUT2D eigenvalue weighted by Crippen LogP contribution is 2.31. The molecule has 3 nitrogen and oxygen atoms in total. The predicted octanol–water partition coefficient (Wildman–Crippen LogP) is 2.41. The first-order valence-corrected chi connectivity index (χ1v) is 4.68. The van der Waals surface area contributed by atoms with Crippen molar-refractivity contribution >= 4 is 5.82 Å². The van der Waals surface area contributed by atoms with E-state index in [1.807, 2.05) is 0 Å². The molecule has 0 radical (unpaired) electrons. The van der Waals surface area contributed by atoms with Crippen LogP contribution in [0.15, 0.2) is 0 Å². The average Bonchev–Trinajstić information content (AvgIpc) is 2.28. The second-order valence-electron chi connectivity index (χ2n) is 4.80. The second kappa shape index (κ2) is 3.05. The van der Waals surface area contributed by atoms with Crippen molar-refractivity contribution < 1.29 is 0 Å². The maximum absolute atomic E-state index is 5.80. The molecule has 0 atom stereocenters. The van der Waals surface area contributed by atoms with Crippen LogP contribution in [-0.2, 0) is 5.41 Å². The molecule has 74 valence electrons. The van der Waals surface area contributed by atoms with E-state index in [4.69, 9.17) is 5.73 Å². The molecule has 0 aromatic carbocycles. The van der Waals surface area contributed by atoms with Crippen LogP contribution in [0.3, 0.4) is 0 Å². The first kappa shape index (κ1) is 10.1. The summed E-state index contributed by atoms with van der Waals surface area (Å²) < 4.78 is 0. The van der Waals surface area contributed by atoms with Crippen LogP contribution in [0, 0.1) is 0 Å². The van der Waals surface area contributed by atoms with Gasteiger partial charge in [0.15, 0.2) is 0 Å². The quantitative estimate of drug-likeness (QED) is 0.699. The number of hydrogen-bond donors (Lipinski definition) is 2. The first-order chi connectivity index (χ1) is 5.84. The number of nitrogens with two attached hydrogens (primary N) is 1. The number of H-pyrrole nitrogens is 1. The van der Waals surface area contributed by atoms with Crippen molar-refractivity contribution in [3.05, 3.63) is 11.3 Å². The van der Waals surface area contributed by atoms with Gasteiger partial charge in [0.25, 0.3) is 0 Å². The Kier molecular flexibility index (Phi) is 2.37. The molecule has 0 bridgehead atoms. The summed E-state index contributed by atoms with van der Waals surface area (Å²) in [6, 6.07) is 0. The predicted molar refractivity (Wildman–Crippen MR) is 55.8 cm³/mol. The lowest BCUT2D eigenvalue weighted by Crippen LogP contribution is -2.15. The lowest BCUT2D eigenvalue weighted by Gasteiger charge is -2.19. The van der Waals surface area contributed by atoms with Crippen molar-refractivity contribution in [3.63, 3.8) is 0 Å². The summed E-state index contributed by atoms with van der Waals surface area (Å²) in [7, 11) is 0. The summed E-state index contributed by atoms with van der Waals surface area (Å²) in [5, 5.41) is 7.08. The van der Waals surface area contributed by atoms with Crippen LogP contribution in [-0.4, -0.2) is 10.2 Å². The minimum atomic E-state index is 0.0875. The van der Waals surface area contributed by atoms with Gasteiger partial charge in [0, 0.05) is 16.7 Å². The third kappa shape index (κ3) is 1.85. The Morgan fingerprint density at radius 1 is 1.31 bits per heavy atom. The van der Waals surface area contributed by atoms with Crippen LogP contribution >= 0.6 is 0 Å². The fraction of sp³-hybridized carbons (Fsp3) is 0.700. The minimum Gasteiger partial charge on any atom is -0.382 e. The van der Waals surface area contributed by atoms with Crippen LogP contribution in [0.25, 0.3) is 0 Å². The van der Waals surface area contributed by atoms with E-state index in [1.54, 1.807) is 0 Å². The van der Waals surface area contributed by atoms with Gasteiger partial charge in [-0.15, -0.1) is 0 Å². The molecule has 0 aliphatic heterocycles. The van der Waals surface area contributed by atoms with Gasteiger partial charge in [-0.25, -0.2) is 0 Å². The number of nitrogens with zero attached hydrogens (tertiary/aromatic N) is 1. The maximum Gasteiger partial charge on any atom is 0.148 e. The molecule has 1 heterocycles. The monoisotopic (exact) mass is 181 g/mol. The van der Waals surface area contributed by atoms with E-state index in [0.717, 1.165) is 11.3 Å². The van der Waals surface area contributed by atoms with Gasteiger partial charge >= 0.3 is 0 Å². The zero-order chi connectivity index (χ0) is 10.2. The molecule has 1 aromatic heterocycles. The molecule has 3 N–H and O–H groups in total. The van der Waals surface area contributed by atoms with E-state index >= 15 is 0 Å². The Bertz CT molecular complexity index is 292. The highest BCUT2D eigenvalue weighted by atomic mass is 15.2. The normalized spacial score (nSPS) is 12.5. The molecule has 0 saturated carbocycles. The molecule has 0 aliphatic rings. The Balaban J connectivity index is 3.23. The Hall–Kier alpha value is -0.990. The topological polar surface area (TPSA) is 54.7 Å². The third-order valence-corrected chi connectivity index (χ3v) is 2.16. The zero-order valence-corrected chi connectivity index (χ0v) is 9.10. The number of nitrogens with one attached hydrogen (secondary N) is 1. The van der Waals surface area contributed by atoms with Crippen LogP contribution < -0.4 is 5.73 Å². The molecule has 1 rings (SSSR count). The lowest BCUT2D eigenvalue weighted by atomic mass is 9.86. The van der Waals surface area contributed by atoms with Crippen LogP contribution in [0.5, 0.6) is 0 Å². The van der Waals surface area contributed by atoms with Crippen molar-refractivity contribution in [2.45, 2.75) is 46.0 Å². The summed E-state index contributed by atoms with van der Waals surface area (Å²) in [5.41, 5.74) is 8.20. The van der Waals surface area contributed by atoms with Crippen molar-refractivity contribution in [1.29, 1.82) is 0 Å². The van der Waals surface area contributed by atoms with Gasteiger partial charge in [-0.05, 0) is 5.92 Å². The minimum absolute atomic E-state index is 0.0875. The lowest BCUT2D eigenvalue weighted by molar-refractivity contribution is 0.556. The summed E-state index contributed by atoms with van der Waals surface area (Å²) in [6.45, 7) is 10.7. The summed E-state index contributed by atoms with van der Waals surface area (Å²) in [5.74, 6) is 1.06. The highest BCUT2D eigenvalue weighted by Gasteiger charge is 2.23. The van der Waals surface area contributed by atoms with Crippen LogP contribution in [0.2, 0.25) is 0 Å². The van der Waals surface area contributed by atoms with Gasteiger partial charge in [0.05, 0.1) is 0 Å². The molecule has 0 fully saturated rings. The van der Waals surface area contributed by atoms with Gasteiger partial charge in [-0.1, -0.05) is 34.6 Å². The largest absolute Gasteiger partial charge is 0.382 e. The number of nitrogen functional groups attached to an aromatic ring is 1.